The molecule has 1 aliphatic heterocycles. The monoisotopic (exact) mass is 351 g/mol. The standard InChI is InChI=1S/C19H21N5O2/c1-2-8-21-16(4-1)12-24-11-3-5-17(13-24)25-14-18-22-19(23-26-18)15-6-9-20-10-7-15/h1-2,4,6-10,17H,3,5,11-14H2/t17-/m1/s1. The lowest BCUT2D eigenvalue weighted by Gasteiger charge is -2.32. The number of pyridine rings is 2. The zero-order valence-electron chi connectivity index (χ0n) is 14.5. The Morgan fingerprint density at radius 2 is 2.08 bits per heavy atom. The number of rotatable bonds is 6. The van der Waals surface area contributed by atoms with Gasteiger partial charge in [-0.15, -0.1) is 0 Å². The lowest BCUT2D eigenvalue weighted by atomic mass is 10.1. The van der Waals surface area contributed by atoms with Gasteiger partial charge in [0.1, 0.15) is 6.61 Å². The molecule has 7 nitrogen and oxygen atoms in total. The third kappa shape index (κ3) is 4.30. The zero-order valence-corrected chi connectivity index (χ0v) is 14.5. The van der Waals surface area contributed by atoms with Crippen molar-refractivity contribution in [3.63, 3.8) is 0 Å². The second-order valence-electron chi connectivity index (χ2n) is 6.38. The summed E-state index contributed by atoms with van der Waals surface area (Å²) >= 11 is 0. The minimum Gasteiger partial charge on any atom is -0.367 e. The van der Waals surface area contributed by atoms with Gasteiger partial charge >= 0.3 is 0 Å². The molecule has 134 valence electrons. The van der Waals surface area contributed by atoms with Gasteiger partial charge in [0.25, 0.3) is 5.89 Å². The van der Waals surface area contributed by atoms with Crippen LogP contribution in [0.5, 0.6) is 0 Å². The van der Waals surface area contributed by atoms with Gasteiger partial charge in [0.15, 0.2) is 0 Å². The third-order valence-corrected chi connectivity index (χ3v) is 4.42. The molecule has 0 aromatic carbocycles. The first-order chi connectivity index (χ1) is 12.9. The summed E-state index contributed by atoms with van der Waals surface area (Å²) in [6.07, 6.45) is 7.58. The van der Waals surface area contributed by atoms with Crippen LogP contribution in [0.3, 0.4) is 0 Å². The van der Waals surface area contributed by atoms with Crippen LogP contribution in [-0.4, -0.2) is 44.2 Å². The van der Waals surface area contributed by atoms with E-state index in [1.165, 1.54) is 0 Å². The molecule has 0 saturated carbocycles. The number of hydrogen-bond acceptors (Lipinski definition) is 7. The first-order valence-corrected chi connectivity index (χ1v) is 8.84. The van der Waals surface area contributed by atoms with Crippen LogP contribution in [0.25, 0.3) is 11.4 Å². The van der Waals surface area contributed by atoms with Gasteiger partial charge in [-0.3, -0.25) is 14.9 Å². The minimum absolute atomic E-state index is 0.170. The van der Waals surface area contributed by atoms with Crippen molar-refractivity contribution in [1.29, 1.82) is 0 Å². The van der Waals surface area contributed by atoms with Crippen LogP contribution in [0, 0.1) is 0 Å². The maximum atomic E-state index is 6.02. The van der Waals surface area contributed by atoms with Crippen LogP contribution >= 0.6 is 0 Å². The van der Waals surface area contributed by atoms with Crippen molar-refractivity contribution in [3.8, 4) is 11.4 Å². The average Bonchev–Trinajstić information content (AvgIpc) is 3.17. The van der Waals surface area contributed by atoms with Crippen LogP contribution in [0.4, 0.5) is 0 Å². The number of likely N-dealkylation sites (tertiary alicyclic amines) is 1. The Morgan fingerprint density at radius 1 is 1.15 bits per heavy atom. The van der Waals surface area contributed by atoms with Crippen molar-refractivity contribution in [2.75, 3.05) is 13.1 Å². The predicted octanol–water partition coefficient (Wildman–Crippen LogP) is 2.71. The van der Waals surface area contributed by atoms with E-state index in [2.05, 4.69) is 31.1 Å². The summed E-state index contributed by atoms with van der Waals surface area (Å²) in [5.41, 5.74) is 1.97. The molecule has 7 heteroatoms. The first kappa shape index (κ1) is 16.8. The van der Waals surface area contributed by atoms with Crippen molar-refractivity contribution >= 4 is 0 Å². The molecule has 0 radical (unpaired) electrons. The van der Waals surface area contributed by atoms with Crippen LogP contribution in [0.2, 0.25) is 0 Å². The molecule has 1 fully saturated rings. The van der Waals surface area contributed by atoms with E-state index in [-0.39, 0.29) is 6.10 Å². The molecule has 3 aromatic heterocycles. The fourth-order valence-corrected chi connectivity index (χ4v) is 3.13. The number of aromatic nitrogens is 4. The Kier molecular flexibility index (Phi) is 5.27. The van der Waals surface area contributed by atoms with E-state index in [0.717, 1.165) is 43.7 Å². The molecular weight excluding hydrogens is 330 g/mol. The smallest absolute Gasteiger partial charge is 0.252 e. The fourth-order valence-electron chi connectivity index (χ4n) is 3.13. The van der Waals surface area contributed by atoms with Crippen molar-refractivity contribution in [1.82, 2.24) is 25.0 Å². The quantitative estimate of drug-likeness (QED) is 0.676. The molecule has 0 aliphatic carbocycles. The normalized spacial score (nSPS) is 18.1. The Bertz CT molecular complexity index is 809. The highest BCUT2D eigenvalue weighted by molar-refractivity contribution is 5.52. The summed E-state index contributed by atoms with van der Waals surface area (Å²) in [5.74, 6) is 1.06. The van der Waals surface area contributed by atoms with Crippen molar-refractivity contribution in [3.05, 3.63) is 60.5 Å². The third-order valence-electron chi connectivity index (χ3n) is 4.42. The molecule has 4 heterocycles. The Hall–Kier alpha value is -2.64. The maximum Gasteiger partial charge on any atom is 0.252 e. The van der Waals surface area contributed by atoms with E-state index >= 15 is 0 Å². The minimum atomic E-state index is 0.170. The lowest BCUT2D eigenvalue weighted by molar-refractivity contribution is -0.0213. The molecule has 1 aliphatic rings. The largest absolute Gasteiger partial charge is 0.367 e. The number of ether oxygens (including phenoxy) is 1. The molecule has 0 spiro atoms. The van der Waals surface area contributed by atoms with E-state index in [9.17, 15) is 0 Å². The highest BCUT2D eigenvalue weighted by Crippen LogP contribution is 2.18. The predicted molar refractivity (Wildman–Crippen MR) is 94.9 cm³/mol. The lowest BCUT2D eigenvalue weighted by Crippen LogP contribution is -2.39. The van der Waals surface area contributed by atoms with Gasteiger partial charge in [0.05, 0.1) is 11.8 Å². The Labute approximate surface area is 152 Å². The summed E-state index contributed by atoms with van der Waals surface area (Å²) in [6, 6.07) is 9.73. The molecule has 0 amide bonds. The van der Waals surface area contributed by atoms with E-state index in [4.69, 9.17) is 9.26 Å². The van der Waals surface area contributed by atoms with Gasteiger partial charge in [0, 0.05) is 37.2 Å². The molecule has 0 unspecified atom stereocenters. The van der Waals surface area contributed by atoms with Gasteiger partial charge in [-0.1, -0.05) is 11.2 Å². The number of piperidine rings is 1. The molecule has 4 rings (SSSR count). The second-order valence-corrected chi connectivity index (χ2v) is 6.38. The molecule has 0 N–H and O–H groups in total. The van der Waals surface area contributed by atoms with Crippen molar-refractivity contribution in [2.45, 2.75) is 32.1 Å². The molecular formula is C19H21N5O2. The van der Waals surface area contributed by atoms with Gasteiger partial charge < -0.3 is 9.26 Å². The van der Waals surface area contributed by atoms with E-state index in [1.54, 1.807) is 12.4 Å². The molecule has 1 saturated heterocycles. The fraction of sp³-hybridized carbons (Fsp3) is 0.368. The Morgan fingerprint density at radius 3 is 2.92 bits per heavy atom. The highest BCUT2D eigenvalue weighted by Gasteiger charge is 2.21. The average molecular weight is 351 g/mol. The van der Waals surface area contributed by atoms with E-state index in [0.29, 0.717) is 18.3 Å². The second kappa shape index (κ2) is 8.16. The summed E-state index contributed by atoms with van der Waals surface area (Å²) < 4.78 is 11.3. The Balaban J connectivity index is 1.30. The van der Waals surface area contributed by atoms with E-state index in [1.807, 2.05) is 30.5 Å². The summed E-state index contributed by atoms with van der Waals surface area (Å²) in [7, 11) is 0. The summed E-state index contributed by atoms with van der Waals surface area (Å²) in [4.78, 5) is 15.2. The van der Waals surface area contributed by atoms with Gasteiger partial charge in [-0.25, -0.2) is 0 Å². The summed E-state index contributed by atoms with van der Waals surface area (Å²) in [5, 5.41) is 4.01. The van der Waals surface area contributed by atoms with Gasteiger partial charge in [0.2, 0.25) is 5.82 Å². The topological polar surface area (TPSA) is 77.2 Å². The molecule has 3 aromatic rings. The molecule has 26 heavy (non-hydrogen) atoms. The number of nitrogens with zero attached hydrogens (tertiary/aromatic N) is 5. The molecule has 1 atom stereocenters. The van der Waals surface area contributed by atoms with Crippen molar-refractivity contribution < 1.29 is 9.26 Å². The highest BCUT2D eigenvalue weighted by atomic mass is 16.5. The first-order valence-electron chi connectivity index (χ1n) is 8.84. The molecule has 0 bridgehead atoms. The SMILES string of the molecule is c1ccc(CN2CCC[C@@H](OCc3nc(-c4ccncc4)no3)C2)nc1. The van der Waals surface area contributed by atoms with Crippen LogP contribution in [-0.2, 0) is 17.9 Å². The summed E-state index contributed by atoms with van der Waals surface area (Å²) in [6.45, 7) is 3.15. The van der Waals surface area contributed by atoms with Gasteiger partial charge in [-0.2, -0.15) is 4.98 Å². The van der Waals surface area contributed by atoms with Gasteiger partial charge in [-0.05, 0) is 43.7 Å². The van der Waals surface area contributed by atoms with Crippen molar-refractivity contribution in [2.24, 2.45) is 0 Å². The van der Waals surface area contributed by atoms with Crippen LogP contribution < -0.4 is 0 Å². The van der Waals surface area contributed by atoms with Crippen LogP contribution in [0.1, 0.15) is 24.4 Å². The maximum absolute atomic E-state index is 6.02. The van der Waals surface area contributed by atoms with E-state index < -0.39 is 0 Å². The van der Waals surface area contributed by atoms with Crippen LogP contribution in [0.15, 0.2) is 53.4 Å². The zero-order chi connectivity index (χ0) is 17.6. The number of hydrogen-bond donors (Lipinski definition) is 0.